The van der Waals surface area contributed by atoms with Gasteiger partial charge in [0.05, 0.1) is 16.9 Å². The zero-order valence-corrected chi connectivity index (χ0v) is 14.9. The fourth-order valence-corrected chi connectivity index (χ4v) is 3.74. The van der Waals surface area contributed by atoms with Gasteiger partial charge >= 0.3 is 6.01 Å². The predicted octanol–water partition coefficient (Wildman–Crippen LogP) is 3.36. The molecular weight excluding hydrogens is 326 g/mol. The molecule has 4 heterocycles. The lowest BCUT2D eigenvalue weighted by atomic mass is 10.2. The smallest absolute Gasteiger partial charge is 0.317 e. The lowest BCUT2D eigenvalue weighted by molar-refractivity contribution is 0.274. The highest BCUT2D eigenvalue weighted by molar-refractivity contribution is 5.91. The summed E-state index contributed by atoms with van der Waals surface area (Å²) in [5.74, 6) is 0. The molecule has 26 heavy (non-hydrogen) atoms. The van der Waals surface area contributed by atoms with E-state index in [9.17, 15) is 0 Å². The third-order valence-corrected chi connectivity index (χ3v) is 5.17. The summed E-state index contributed by atoms with van der Waals surface area (Å²) in [6.07, 6.45) is 7.05. The van der Waals surface area contributed by atoms with Crippen LogP contribution in [0.15, 0.2) is 30.6 Å². The first-order valence-corrected chi connectivity index (χ1v) is 8.91. The molecule has 4 aromatic heterocycles. The molecule has 0 atom stereocenters. The Balaban J connectivity index is 1.49. The van der Waals surface area contributed by atoms with Crippen LogP contribution in [0.25, 0.3) is 16.6 Å². The Morgan fingerprint density at radius 1 is 1.12 bits per heavy atom. The van der Waals surface area contributed by atoms with Gasteiger partial charge in [-0.15, -0.1) is 0 Å². The van der Waals surface area contributed by atoms with Gasteiger partial charge in [0.2, 0.25) is 0 Å². The van der Waals surface area contributed by atoms with E-state index >= 15 is 0 Å². The Bertz CT molecular complexity index is 1150. The number of rotatable bonds is 3. The molecule has 0 saturated carbocycles. The number of hydrogen-bond donors (Lipinski definition) is 0. The number of ether oxygens (including phenoxy) is 1. The monoisotopic (exact) mass is 345 g/mol. The van der Waals surface area contributed by atoms with Crippen LogP contribution < -0.4 is 4.74 Å². The maximum absolute atomic E-state index is 5.91. The highest BCUT2D eigenvalue weighted by Gasteiger charge is 2.18. The van der Waals surface area contributed by atoms with Crippen LogP contribution >= 0.6 is 0 Å². The Hall–Kier alpha value is -3.02. The maximum atomic E-state index is 5.91. The topological polar surface area (TPSA) is 65.2 Å². The Morgan fingerprint density at radius 2 is 2.04 bits per heavy atom. The van der Waals surface area contributed by atoms with Gasteiger partial charge < -0.3 is 9.14 Å². The van der Waals surface area contributed by atoms with Crippen LogP contribution in [-0.2, 0) is 19.4 Å². The first-order valence-electron chi connectivity index (χ1n) is 8.91. The van der Waals surface area contributed by atoms with Crippen molar-refractivity contribution in [2.75, 3.05) is 0 Å². The van der Waals surface area contributed by atoms with Crippen molar-refractivity contribution in [2.45, 2.75) is 39.7 Å². The van der Waals surface area contributed by atoms with E-state index in [0.29, 0.717) is 12.6 Å². The van der Waals surface area contributed by atoms with Crippen molar-refractivity contribution in [1.82, 2.24) is 24.3 Å². The van der Waals surface area contributed by atoms with Crippen molar-refractivity contribution in [3.8, 4) is 6.01 Å². The van der Waals surface area contributed by atoms with E-state index in [-0.39, 0.29) is 0 Å². The van der Waals surface area contributed by atoms with Crippen molar-refractivity contribution < 1.29 is 4.74 Å². The minimum Gasteiger partial charge on any atom is -0.457 e. The van der Waals surface area contributed by atoms with E-state index in [4.69, 9.17) is 9.72 Å². The molecule has 130 valence electrons. The third-order valence-electron chi connectivity index (χ3n) is 5.17. The number of aryl methyl sites for hydroxylation is 3. The second-order valence-corrected chi connectivity index (χ2v) is 6.75. The number of pyridine rings is 2. The van der Waals surface area contributed by atoms with Gasteiger partial charge in [0.25, 0.3) is 0 Å². The van der Waals surface area contributed by atoms with Gasteiger partial charge in [0.1, 0.15) is 12.3 Å². The molecule has 0 amide bonds. The molecule has 0 bridgehead atoms. The lowest BCUT2D eigenvalue weighted by Crippen LogP contribution is -2.05. The molecule has 0 saturated heterocycles. The predicted molar refractivity (Wildman–Crippen MR) is 98.4 cm³/mol. The van der Waals surface area contributed by atoms with Crippen molar-refractivity contribution in [2.24, 2.45) is 0 Å². The van der Waals surface area contributed by atoms with Crippen molar-refractivity contribution in [3.05, 3.63) is 58.9 Å². The standard InChI is InChI=1S/C20H19N5O/c1-12-14-5-3-7-17(14)24-20(22-12)26-11-18-13(2)25-10-8-16-15(19(25)23-18)6-4-9-21-16/h4,6,8-10H,3,5,7,11H2,1-2H3. The number of imidazole rings is 1. The molecule has 0 aliphatic heterocycles. The second-order valence-electron chi connectivity index (χ2n) is 6.75. The normalized spacial score (nSPS) is 13.5. The zero-order chi connectivity index (χ0) is 17.7. The Labute approximate surface area is 150 Å². The summed E-state index contributed by atoms with van der Waals surface area (Å²) < 4.78 is 7.99. The fourth-order valence-electron chi connectivity index (χ4n) is 3.74. The van der Waals surface area contributed by atoms with Crippen molar-refractivity contribution in [1.29, 1.82) is 0 Å². The minimum atomic E-state index is 0.355. The molecule has 6 nitrogen and oxygen atoms in total. The van der Waals surface area contributed by atoms with Gasteiger partial charge in [0.15, 0.2) is 0 Å². The van der Waals surface area contributed by atoms with Gasteiger partial charge in [-0.2, -0.15) is 4.98 Å². The molecule has 0 radical (unpaired) electrons. The highest BCUT2D eigenvalue weighted by Crippen LogP contribution is 2.25. The molecule has 0 unspecified atom stereocenters. The summed E-state index contributed by atoms with van der Waals surface area (Å²) >= 11 is 0. The average molecular weight is 345 g/mol. The van der Waals surface area contributed by atoms with E-state index < -0.39 is 0 Å². The molecule has 1 aliphatic rings. The molecular formula is C20H19N5O. The number of hydrogen-bond acceptors (Lipinski definition) is 5. The first-order chi connectivity index (χ1) is 12.7. The average Bonchev–Trinajstić information content (AvgIpc) is 3.25. The van der Waals surface area contributed by atoms with E-state index in [1.54, 1.807) is 6.20 Å². The van der Waals surface area contributed by atoms with Crippen LogP contribution in [0, 0.1) is 13.8 Å². The number of aromatic nitrogens is 5. The van der Waals surface area contributed by atoms with E-state index in [1.807, 2.05) is 31.3 Å². The molecule has 5 rings (SSSR count). The Kier molecular flexibility index (Phi) is 3.38. The summed E-state index contributed by atoms with van der Waals surface area (Å²) in [4.78, 5) is 18.3. The second kappa shape index (κ2) is 5.76. The summed E-state index contributed by atoms with van der Waals surface area (Å²) in [5.41, 5.74) is 7.25. The summed E-state index contributed by atoms with van der Waals surface area (Å²) in [6.45, 7) is 4.44. The largest absolute Gasteiger partial charge is 0.457 e. The molecule has 1 aliphatic carbocycles. The van der Waals surface area contributed by atoms with Gasteiger partial charge in [-0.1, -0.05) is 0 Å². The van der Waals surface area contributed by atoms with Crippen LogP contribution in [0.3, 0.4) is 0 Å². The zero-order valence-electron chi connectivity index (χ0n) is 14.9. The molecule has 4 aromatic rings. The van der Waals surface area contributed by atoms with Crippen LogP contribution in [0.1, 0.15) is 34.8 Å². The molecule has 0 aromatic carbocycles. The van der Waals surface area contributed by atoms with E-state index in [0.717, 1.165) is 58.6 Å². The minimum absolute atomic E-state index is 0.355. The number of fused-ring (bicyclic) bond motifs is 4. The van der Waals surface area contributed by atoms with Crippen LogP contribution in [0.5, 0.6) is 6.01 Å². The molecule has 6 heteroatoms. The van der Waals surface area contributed by atoms with Gasteiger partial charge in [-0.05, 0) is 56.9 Å². The van der Waals surface area contributed by atoms with Gasteiger partial charge in [-0.3, -0.25) is 4.98 Å². The maximum Gasteiger partial charge on any atom is 0.317 e. The summed E-state index contributed by atoms with van der Waals surface area (Å²) in [5, 5.41) is 1.04. The van der Waals surface area contributed by atoms with Crippen LogP contribution in [0.2, 0.25) is 0 Å². The summed E-state index contributed by atoms with van der Waals surface area (Å²) in [7, 11) is 0. The molecule has 0 spiro atoms. The number of nitrogens with zero attached hydrogens (tertiary/aromatic N) is 5. The van der Waals surface area contributed by atoms with Crippen molar-refractivity contribution >= 4 is 16.6 Å². The van der Waals surface area contributed by atoms with E-state index in [1.165, 1.54) is 5.56 Å². The van der Waals surface area contributed by atoms with Gasteiger partial charge in [-0.25, -0.2) is 9.97 Å². The van der Waals surface area contributed by atoms with Crippen molar-refractivity contribution in [3.63, 3.8) is 0 Å². The summed E-state index contributed by atoms with van der Waals surface area (Å²) in [6, 6.07) is 6.44. The van der Waals surface area contributed by atoms with Gasteiger partial charge in [0, 0.05) is 29.2 Å². The Morgan fingerprint density at radius 3 is 2.96 bits per heavy atom. The fraction of sp³-hybridized carbons (Fsp3) is 0.300. The van der Waals surface area contributed by atoms with E-state index in [2.05, 4.69) is 26.3 Å². The van der Waals surface area contributed by atoms with Crippen LogP contribution in [-0.4, -0.2) is 24.3 Å². The first kappa shape index (κ1) is 15.3. The molecule has 0 N–H and O–H groups in total. The quantitative estimate of drug-likeness (QED) is 0.570. The third kappa shape index (κ3) is 2.33. The molecule has 0 fully saturated rings. The lowest BCUT2D eigenvalue weighted by Gasteiger charge is -2.07. The SMILES string of the molecule is Cc1nc(OCc2nc3c4cccnc4ccn3c2C)nc2c1CCC2. The highest BCUT2D eigenvalue weighted by atomic mass is 16.5. The van der Waals surface area contributed by atoms with Crippen LogP contribution in [0.4, 0.5) is 0 Å².